The van der Waals surface area contributed by atoms with Crippen LogP contribution in [-0.4, -0.2) is 60.9 Å². The molecule has 10 nitrogen and oxygen atoms in total. The summed E-state index contributed by atoms with van der Waals surface area (Å²) in [5.41, 5.74) is 0. The Morgan fingerprint density at radius 1 is 0.583 bits per heavy atom. The first-order valence-corrected chi connectivity index (χ1v) is 7.19. The molecule has 0 aromatic carbocycles. The van der Waals surface area contributed by atoms with Gasteiger partial charge in [-0.2, -0.15) is 0 Å². The molecule has 24 heavy (non-hydrogen) atoms. The molecule has 2 fully saturated rings. The first-order chi connectivity index (χ1) is 11.2. The molecule has 2 rings (SSSR count). The predicted octanol–water partition coefficient (Wildman–Crippen LogP) is -0.574. The second-order valence-corrected chi connectivity index (χ2v) is 5.31. The van der Waals surface area contributed by atoms with Gasteiger partial charge in [-0.3, -0.25) is 19.2 Å². The molecular formula is C14H18O10. The van der Waals surface area contributed by atoms with E-state index in [1.54, 1.807) is 0 Å². The topological polar surface area (TPSA) is 124 Å². The van der Waals surface area contributed by atoms with E-state index < -0.39 is 60.9 Å². The standard InChI is InChI=1S/C14H18O10/c1-5(15)19-11-9-10(24-13(11)21-7(3)17)12(20-6(2)16)14(23-9)22-8(4)18/h9-14H,1-4H3. The van der Waals surface area contributed by atoms with E-state index in [1.807, 2.05) is 0 Å². The van der Waals surface area contributed by atoms with E-state index in [9.17, 15) is 19.2 Å². The average molecular weight is 346 g/mol. The molecule has 0 aromatic rings. The van der Waals surface area contributed by atoms with Crippen molar-refractivity contribution < 1.29 is 47.6 Å². The Balaban J connectivity index is 2.23. The maximum absolute atomic E-state index is 11.3. The molecule has 0 spiro atoms. The lowest BCUT2D eigenvalue weighted by Gasteiger charge is -2.24. The molecule has 2 aliphatic rings. The molecule has 6 atom stereocenters. The first-order valence-electron chi connectivity index (χ1n) is 7.19. The summed E-state index contributed by atoms with van der Waals surface area (Å²) in [5, 5.41) is 0. The molecule has 0 radical (unpaired) electrons. The highest BCUT2D eigenvalue weighted by atomic mass is 16.8. The Labute approximate surface area is 137 Å². The molecule has 2 saturated heterocycles. The van der Waals surface area contributed by atoms with E-state index in [0.717, 1.165) is 13.8 Å². The molecular weight excluding hydrogens is 328 g/mol. The molecule has 0 amide bonds. The number of ether oxygens (including phenoxy) is 6. The van der Waals surface area contributed by atoms with Crippen molar-refractivity contribution in [3.05, 3.63) is 0 Å². The summed E-state index contributed by atoms with van der Waals surface area (Å²) < 4.78 is 31.2. The van der Waals surface area contributed by atoms with Gasteiger partial charge in [-0.25, -0.2) is 0 Å². The Kier molecular flexibility index (Phi) is 5.40. The van der Waals surface area contributed by atoms with Gasteiger partial charge in [0.15, 0.2) is 12.2 Å². The molecule has 10 heteroatoms. The minimum atomic E-state index is -1.22. The number of esters is 4. The fourth-order valence-corrected chi connectivity index (χ4v) is 2.60. The van der Waals surface area contributed by atoms with Gasteiger partial charge < -0.3 is 28.4 Å². The zero-order chi connectivity index (χ0) is 18.0. The van der Waals surface area contributed by atoms with Gasteiger partial charge in [0.25, 0.3) is 0 Å². The van der Waals surface area contributed by atoms with Gasteiger partial charge in [-0.05, 0) is 0 Å². The van der Waals surface area contributed by atoms with Crippen molar-refractivity contribution in [2.24, 2.45) is 0 Å². The molecule has 2 aliphatic heterocycles. The van der Waals surface area contributed by atoms with Crippen LogP contribution in [0.3, 0.4) is 0 Å². The van der Waals surface area contributed by atoms with Crippen LogP contribution < -0.4 is 0 Å². The maximum atomic E-state index is 11.3. The quantitative estimate of drug-likeness (QED) is 0.482. The number of hydrogen-bond donors (Lipinski definition) is 0. The van der Waals surface area contributed by atoms with Crippen LogP contribution in [0.4, 0.5) is 0 Å². The molecule has 0 aliphatic carbocycles. The van der Waals surface area contributed by atoms with Crippen LogP contribution in [-0.2, 0) is 47.6 Å². The van der Waals surface area contributed by atoms with E-state index in [-0.39, 0.29) is 0 Å². The maximum Gasteiger partial charge on any atom is 0.305 e. The normalized spacial score (nSPS) is 34.2. The molecule has 0 bridgehead atoms. The summed E-state index contributed by atoms with van der Waals surface area (Å²) in [6, 6.07) is 0. The zero-order valence-electron chi connectivity index (χ0n) is 13.5. The lowest BCUT2D eigenvalue weighted by atomic mass is 10.1. The summed E-state index contributed by atoms with van der Waals surface area (Å²) in [7, 11) is 0. The summed E-state index contributed by atoms with van der Waals surface area (Å²) in [4.78, 5) is 45.0. The second-order valence-electron chi connectivity index (χ2n) is 5.31. The highest BCUT2D eigenvalue weighted by molar-refractivity contribution is 5.68. The number of hydrogen-bond acceptors (Lipinski definition) is 10. The third-order valence-corrected chi connectivity index (χ3v) is 3.26. The highest BCUT2D eigenvalue weighted by Crippen LogP contribution is 2.38. The molecule has 0 aromatic heterocycles. The average Bonchev–Trinajstić information content (AvgIpc) is 2.87. The molecule has 2 heterocycles. The summed E-state index contributed by atoms with van der Waals surface area (Å²) in [6.45, 7) is 4.66. The second kappa shape index (κ2) is 7.14. The monoisotopic (exact) mass is 346 g/mol. The minimum Gasteiger partial charge on any atom is -0.453 e. The molecule has 0 saturated carbocycles. The Bertz CT molecular complexity index is 496. The minimum absolute atomic E-state index is 0.648. The fraction of sp³-hybridized carbons (Fsp3) is 0.714. The van der Waals surface area contributed by atoms with Crippen LogP contribution in [0.5, 0.6) is 0 Å². The van der Waals surface area contributed by atoms with Crippen molar-refractivity contribution >= 4 is 23.9 Å². The lowest BCUT2D eigenvalue weighted by molar-refractivity contribution is -0.230. The van der Waals surface area contributed by atoms with Crippen molar-refractivity contribution in [1.82, 2.24) is 0 Å². The first kappa shape index (κ1) is 18.1. The zero-order valence-corrected chi connectivity index (χ0v) is 13.5. The smallest absolute Gasteiger partial charge is 0.305 e. The summed E-state index contributed by atoms with van der Waals surface area (Å²) in [5.74, 6) is -2.61. The summed E-state index contributed by atoms with van der Waals surface area (Å²) in [6.07, 6.45) is -6.50. The van der Waals surface area contributed by atoms with Crippen molar-refractivity contribution in [3.8, 4) is 0 Å². The summed E-state index contributed by atoms with van der Waals surface area (Å²) >= 11 is 0. The largest absolute Gasteiger partial charge is 0.453 e. The number of carbonyl (C=O) groups excluding carboxylic acids is 4. The van der Waals surface area contributed by atoms with Crippen LogP contribution in [0.2, 0.25) is 0 Å². The van der Waals surface area contributed by atoms with Gasteiger partial charge in [0.05, 0.1) is 0 Å². The van der Waals surface area contributed by atoms with E-state index >= 15 is 0 Å². The lowest BCUT2D eigenvalue weighted by Crippen LogP contribution is -2.39. The third-order valence-electron chi connectivity index (χ3n) is 3.26. The van der Waals surface area contributed by atoms with Gasteiger partial charge in [-0.1, -0.05) is 0 Å². The number of carbonyl (C=O) groups is 4. The van der Waals surface area contributed by atoms with Gasteiger partial charge in [0, 0.05) is 27.7 Å². The van der Waals surface area contributed by atoms with Crippen LogP contribution in [0, 0.1) is 0 Å². The van der Waals surface area contributed by atoms with Crippen molar-refractivity contribution in [3.63, 3.8) is 0 Å². The van der Waals surface area contributed by atoms with Gasteiger partial charge in [0.2, 0.25) is 12.6 Å². The van der Waals surface area contributed by atoms with E-state index in [2.05, 4.69) is 0 Å². The molecule has 6 unspecified atom stereocenters. The van der Waals surface area contributed by atoms with Gasteiger partial charge >= 0.3 is 23.9 Å². The SMILES string of the molecule is CC(=O)OC1OC2C(OC(C)=O)C(OC(C)=O)OC2C1OC(C)=O. The molecule has 134 valence electrons. The van der Waals surface area contributed by atoms with E-state index in [4.69, 9.17) is 28.4 Å². The van der Waals surface area contributed by atoms with Crippen LogP contribution >= 0.6 is 0 Å². The van der Waals surface area contributed by atoms with E-state index in [0.29, 0.717) is 0 Å². The number of fused-ring (bicyclic) bond motifs is 1. The van der Waals surface area contributed by atoms with E-state index in [1.165, 1.54) is 13.8 Å². The Morgan fingerprint density at radius 2 is 0.875 bits per heavy atom. The highest BCUT2D eigenvalue weighted by Gasteiger charge is 2.61. The Morgan fingerprint density at radius 3 is 1.12 bits per heavy atom. The molecule has 0 N–H and O–H groups in total. The van der Waals surface area contributed by atoms with Crippen molar-refractivity contribution in [2.45, 2.75) is 64.7 Å². The third kappa shape index (κ3) is 4.01. The van der Waals surface area contributed by atoms with Crippen LogP contribution in [0.15, 0.2) is 0 Å². The Hall–Kier alpha value is -2.20. The van der Waals surface area contributed by atoms with Gasteiger partial charge in [-0.15, -0.1) is 0 Å². The predicted molar refractivity (Wildman–Crippen MR) is 72.0 cm³/mol. The van der Waals surface area contributed by atoms with Crippen LogP contribution in [0.25, 0.3) is 0 Å². The van der Waals surface area contributed by atoms with Crippen LogP contribution in [0.1, 0.15) is 27.7 Å². The fourth-order valence-electron chi connectivity index (χ4n) is 2.60. The van der Waals surface area contributed by atoms with Gasteiger partial charge in [0.1, 0.15) is 12.2 Å². The van der Waals surface area contributed by atoms with Crippen molar-refractivity contribution in [2.75, 3.05) is 0 Å². The van der Waals surface area contributed by atoms with Crippen molar-refractivity contribution in [1.29, 1.82) is 0 Å². The number of rotatable bonds is 4.